The summed E-state index contributed by atoms with van der Waals surface area (Å²) in [6.07, 6.45) is 0.637. The molecule has 0 amide bonds. The molecule has 8 nitrogen and oxygen atoms in total. The number of nitrogens with zero attached hydrogens (tertiary/aromatic N) is 4. The van der Waals surface area contributed by atoms with E-state index < -0.39 is 5.97 Å². The molecular weight excluding hydrogens is 546 g/mol. The number of nitriles is 1. The van der Waals surface area contributed by atoms with E-state index in [1.54, 1.807) is 11.3 Å². The first-order valence-corrected chi connectivity index (χ1v) is 14.9. The maximum Gasteiger partial charge on any atom is 0.307 e. The normalized spacial score (nSPS) is 16.6. The molecule has 2 N–H and O–H groups in total. The van der Waals surface area contributed by atoms with Crippen molar-refractivity contribution < 1.29 is 14.3 Å². The maximum atomic E-state index is 11.4. The average Bonchev–Trinajstić information content (AvgIpc) is 3.77. The average molecular weight is 576 g/mol. The van der Waals surface area contributed by atoms with E-state index in [0.29, 0.717) is 42.1 Å². The van der Waals surface area contributed by atoms with Gasteiger partial charge in [0.1, 0.15) is 16.6 Å². The number of aliphatic carboxylic acids is 1. The first-order chi connectivity index (χ1) is 20.4. The van der Waals surface area contributed by atoms with Gasteiger partial charge in [-0.2, -0.15) is 5.26 Å². The first-order valence-electron chi connectivity index (χ1n) is 14.1. The monoisotopic (exact) mass is 575 g/mol. The standard InChI is InChI=1S/C33H29N5O3S/c1-18-23(24-6-4-8-26(19(24)2)32-37-28-14-35-15-29(28)42-32)5-3-7-25(18)31-36-27-12-20(11-22(13-34)30(27)41-31)16-38-10-9-21(17-38)33(39)40/h3-8,11-12,21,35H,9-10,14-17H2,1-2H3,(H,39,40)/t21-/m1/s1. The number of hydrogen-bond donors (Lipinski definition) is 2. The second-order valence-electron chi connectivity index (χ2n) is 11.1. The summed E-state index contributed by atoms with van der Waals surface area (Å²) in [6.45, 7) is 7.74. The van der Waals surface area contributed by atoms with Gasteiger partial charge in [-0.05, 0) is 72.8 Å². The Morgan fingerprint density at radius 2 is 1.83 bits per heavy atom. The smallest absolute Gasteiger partial charge is 0.307 e. The Morgan fingerprint density at radius 3 is 2.55 bits per heavy atom. The number of fused-ring (bicyclic) bond motifs is 2. The van der Waals surface area contributed by atoms with E-state index in [2.05, 4.69) is 54.4 Å². The summed E-state index contributed by atoms with van der Waals surface area (Å²) in [5.74, 6) is -0.625. The molecule has 0 unspecified atom stereocenters. The number of hydrogen-bond acceptors (Lipinski definition) is 8. The summed E-state index contributed by atoms with van der Waals surface area (Å²) >= 11 is 1.76. The molecule has 0 bridgehead atoms. The third-order valence-electron chi connectivity index (χ3n) is 8.47. The first kappa shape index (κ1) is 26.5. The summed E-state index contributed by atoms with van der Waals surface area (Å²) in [6, 6.07) is 18.6. The van der Waals surface area contributed by atoms with E-state index in [9.17, 15) is 15.2 Å². The summed E-state index contributed by atoms with van der Waals surface area (Å²) in [7, 11) is 0. The minimum absolute atomic E-state index is 0.345. The van der Waals surface area contributed by atoms with Gasteiger partial charge in [0.25, 0.3) is 0 Å². The Kier molecular flexibility index (Phi) is 6.62. The molecule has 2 aliphatic rings. The summed E-state index contributed by atoms with van der Waals surface area (Å²) < 4.78 is 6.24. The van der Waals surface area contributed by atoms with E-state index in [1.807, 2.05) is 24.3 Å². The van der Waals surface area contributed by atoms with Crippen molar-refractivity contribution in [2.45, 2.75) is 39.9 Å². The summed E-state index contributed by atoms with van der Waals surface area (Å²) in [5.41, 5.74) is 10.1. The Bertz CT molecular complexity index is 1900. The van der Waals surface area contributed by atoms with Crippen LogP contribution < -0.4 is 5.32 Å². The zero-order chi connectivity index (χ0) is 29.0. The number of oxazole rings is 1. The molecule has 7 rings (SSSR count). The Morgan fingerprint density at radius 1 is 1.10 bits per heavy atom. The van der Waals surface area contributed by atoms with Gasteiger partial charge >= 0.3 is 5.97 Å². The third-order valence-corrected chi connectivity index (χ3v) is 9.60. The van der Waals surface area contributed by atoms with Crippen LogP contribution in [0.3, 0.4) is 0 Å². The number of likely N-dealkylation sites (tertiary alicyclic amines) is 1. The third kappa shape index (κ3) is 4.58. The van der Waals surface area contributed by atoms with Gasteiger partial charge < -0.3 is 14.8 Å². The lowest BCUT2D eigenvalue weighted by molar-refractivity contribution is -0.141. The molecule has 2 aromatic heterocycles. The molecule has 3 aromatic carbocycles. The lowest BCUT2D eigenvalue weighted by Gasteiger charge is -2.15. The molecule has 42 heavy (non-hydrogen) atoms. The quantitative estimate of drug-likeness (QED) is 0.243. The number of thiazole rings is 1. The number of carbonyl (C=O) groups is 1. The van der Waals surface area contributed by atoms with E-state index >= 15 is 0 Å². The van der Waals surface area contributed by atoms with Crippen molar-refractivity contribution in [3.05, 3.63) is 81.4 Å². The van der Waals surface area contributed by atoms with Crippen molar-refractivity contribution >= 4 is 28.4 Å². The molecule has 2 aliphatic heterocycles. The zero-order valence-electron chi connectivity index (χ0n) is 23.4. The van der Waals surface area contributed by atoms with E-state index in [-0.39, 0.29) is 5.92 Å². The van der Waals surface area contributed by atoms with Crippen LogP contribution in [0.1, 0.15) is 39.2 Å². The molecule has 1 atom stereocenters. The summed E-state index contributed by atoms with van der Waals surface area (Å²) in [5, 5.41) is 23.7. The molecule has 1 saturated heterocycles. The molecule has 0 radical (unpaired) electrons. The minimum Gasteiger partial charge on any atom is -0.481 e. The van der Waals surface area contributed by atoms with Crippen LogP contribution in [0.4, 0.5) is 0 Å². The van der Waals surface area contributed by atoms with Gasteiger partial charge in [-0.25, -0.2) is 9.97 Å². The Balaban J connectivity index is 1.23. The van der Waals surface area contributed by atoms with Crippen molar-refractivity contribution in [1.82, 2.24) is 20.2 Å². The van der Waals surface area contributed by atoms with Crippen molar-refractivity contribution in [1.29, 1.82) is 5.26 Å². The van der Waals surface area contributed by atoms with Crippen LogP contribution in [-0.2, 0) is 24.4 Å². The van der Waals surface area contributed by atoms with Gasteiger partial charge in [0.05, 0.1) is 17.2 Å². The van der Waals surface area contributed by atoms with E-state index in [4.69, 9.17) is 14.4 Å². The molecular formula is C33H29N5O3S. The number of rotatable bonds is 6. The topological polar surface area (TPSA) is 115 Å². The van der Waals surface area contributed by atoms with E-state index in [1.165, 1.54) is 10.4 Å². The van der Waals surface area contributed by atoms with Crippen molar-refractivity contribution in [3.63, 3.8) is 0 Å². The van der Waals surface area contributed by atoms with Crippen LogP contribution in [0.2, 0.25) is 0 Å². The number of aromatic nitrogens is 2. The van der Waals surface area contributed by atoms with Gasteiger partial charge in [-0.3, -0.25) is 9.69 Å². The van der Waals surface area contributed by atoms with Gasteiger partial charge in [0.2, 0.25) is 5.89 Å². The second-order valence-corrected chi connectivity index (χ2v) is 12.2. The molecule has 5 aromatic rings. The van der Waals surface area contributed by atoms with Crippen molar-refractivity contribution in [2.24, 2.45) is 5.92 Å². The van der Waals surface area contributed by atoms with Gasteiger partial charge in [0.15, 0.2) is 5.58 Å². The van der Waals surface area contributed by atoms with Crippen LogP contribution in [0, 0.1) is 31.1 Å². The van der Waals surface area contributed by atoms with Crippen LogP contribution in [-0.4, -0.2) is 39.0 Å². The predicted molar refractivity (Wildman–Crippen MR) is 162 cm³/mol. The number of carboxylic acid groups (broad SMARTS) is 1. The Hall–Kier alpha value is -4.36. The molecule has 9 heteroatoms. The van der Waals surface area contributed by atoms with Crippen molar-refractivity contribution in [3.8, 4) is 39.2 Å². The lowest BCUT2D eigenvalue weighted by Crippen LogP contribution is -2.22. The predicted octanol–water partition coefficient (Wildman–Crippen LogP) is 6.28. The van der Waals surface area contributed by atoms with Crippen LogP contribution in [0.15, 0.2) is 52.9 Å². The molecule has 210 valence electrons. The fourth-order valence-electron chi connectivity index (χ4n) is 6.20. The van der Waals surface area contributed by atoms with Crippen LogP contribution in [0.5, 0.6) is 0 Å². The van der Waals surface area contributed by atoms with Gasteiger partial charge in [-0.15, -0.1) is 11.3 Å². The summed E-state index contributed by atoms with van der Waals surface area (Å²) in [4.78, 5) is 24.6. The molecule has 0 spiro atoms. The highest BCUT2D eigenvalue weighted by Gasteiger charge is 2.28. The SMILES string of the molecule is Cc1c(-c2nc3cc(CN4CC[C@@H](C(=O)O)C4)cc(C#N)c3o2)cccc1-c1cccc(-c2nc3c(s2)CNC3)c1C. The van der Waals surface area contributed by atoms with Gasteiger partial charge in [0, 0.05) is 42.2 Å². The van der Waals surface area contributed by atoms with Crippen molar-refractivity contribution in [2.75, 3.05) is 13.1 Å². The number of benzene rings is 3. The zero-order valence-corrected chi connectivity index (χ0v) is 24.2. The molecule has 0 aliphatic carbocycles. The van der Waals surface area contributed by atoms with Crippen LogP contribution >= 0.6 is 11.3 Å². The minimum atomic E-state index is -0.754. The highest BCUT2D eigenvalue weighted by molar-refractivity contribution is 7.15. The van der Waals surface area contributed by atoms with Crippen LogP contribution in [0.25, 0.3) is 44.3 Å². The molecule has 4 heterocycles. The van der Waals surface area contributed by atoms with Gasteiger partial charge in [-0.1, -0.05) is 30.3 Å². The molecule has 1 fully saturated rings. The Labute approximate surface area is 247 Å². The lowest BCUT2D eigenvalue weighted by atomic mass is 9.91. The largest absolute Gasteiger partial charge is 0.481 e. The number of nitrogens with one attached hydrogen (secondary N) is 1. The second kappa shape index (κ2) is 10.5. The maximum absolute atomic E-state index is 11.4. The fourth-order valence-corrected chi connectivity index (χ4v) is 7.33. The highest BCUT2D eigenvalue weighted by atomic mass is 32.1. The molecule has 0 saturated carbocycles. The fraction of sp³-hybridized carbons (Fsp3) is 0.273. The number of carboxylic acids is 1. The highest BCUT2D eigenvalue weighted by Crippen LogP contribution is 2.39. The van der Waals surface area contributed by atoms with E-state index in [0.717, 1.165) is 63.7 Å².